The maximum absolute atomic E-state index is 5.66. The zero-order valence-electron chi connectivity index (χ0n) is 12.7. The summed E-state index contributed by atoms with van der Waals surface area (Å²) in [6.07, 6.45) is 3.85. The Balaban J connectivity index is 1.70. The molecule has 116 valence electrons. The van der Waals surface area contributed by atoms with Crippen molar-refractivity contribution in [2.75, 3.05) is 27.4 Å². The summed E-state index contributed by atoms with van der Waals surface area (Å²) in [6.45, 7) is 1.93. The number of hydrogen-bond acceptors (Lipinski definition) is 5. The van der Waals surface area contributed by atoms with Gasteiger partial charge in [-0.2, -0.15) is 0 Å². The topological polar surface area (TPSA) is 49.0 Å². The second kappa shape index (κ2) is 6.54. The van der Waals surface area contributed by atoms with Crippen molar-refractivity contribution in [3.05, 3.63) is 17.7 Å². The first-order valence-corrected chi connectivity index (χ1v) is 7.54. The van der Waals surface area contributed by atoms with Crippen molar-refractivity contribution in [1.82, 2.24) is 5.32 Å². The van der Waals surface area contributed by atoms with E-state index in [0.717, 1.165) is 30.0 Å². The predicted molar refractivity (Wildman–Crippen MR) is 79.3 cm³/mol. The van der Waals surface area contributed by atoms with E-state index >= 15 is 0 Å². The van der Waals surface area contributed by atoms with E-state index in [1.165, 1.54) is 12.8 Å². The van der Waals surface area contributed by atoms with Gasteiger partial charge in [-0.3, -0.25) is 0 Å². The Morgan fingerprint density at radius 1 is 1.19 bits per heavy atom. The molecule has 1 heterocycles. The number of fused-ring (bicyclic) bond motifs is 1. The van der Waals surface area contributed by atoms with Crippen molar-refractivity contribution in [2.24, 2.45) is 0 Å². The number of hydrogen-bond donors (Lipinski definition) is 1. The molecule has 21 heavy (non-hydrogen) atoms. The molecular weight excluding hydrogens is 270 g/mol. The third kappa shape index (κ3) is 3.09. The van der Waals surface area contributed by atoms with Crippen molar-refractivity contribution < 1.29 is 18.9 Å². The molecule has 1 saturated carbocycles. The summed E-state index contributed by atoms with van der Waals surface area (Å²) < 4.78 is 22.2. The molecule has 5 heteroatoms. The molecule has 0 aromatic heterocycles. The molecule has 1 fully saturated rings. The fraction of sp³-hybridized carbons (Fsp3) is 0.625. The van der Waals surface area contributed by atoms with Crippen molar-refractivity contribution in [2.45, 2.75) is 38.0 Å². The Kier molecular flexibility index (Phi) is 4.51. The van der Waals surface area contributed by atoms with E-state index in [2.05, 4.69) is 5.32 Å². The van der Waals surface area contributed by atoms with E-state index in [1.807, 2.05) is 12.1 Å². The van der Waals surface area contributed by atoms with Crippen molar-refractivity contribution in [3.8, 4) is 17.2 Å². The van der Waals surface area contributed by atoms with Crippen LogP contribution in [0.25, 0.3) is 0 Å². The molecule has 1 N–H and O–H groups in total. The number of rotatable bonds is 5. The van der Waals surface area contributed by atoms with Crippen molar-refractivity contribution in [1.29, 1.82) is 0 Å². The largest absolute Gasteiger partial charge is 0.493 e. The minimum atomic E-state index is 0.323. The standard InChI is InChI=1S/C16H23NO4/c1-18-13-5-3-4-12(13)17-10-11-8-14(19-2)16-15(9-11)20-6-7-21-16/h8-9,12-13,17H,3-7,10H2,1-2H3. The average Bonchev–Trinajstić information content (AvgIpc) is 2.99. The molecule has 2 unspecified atom stereocenters. The van der Waals surface area contributed by atoms with Crippen molar-refractivity contribution in [3.63, 3.8) is 0 Å². The fourth-order valence-corrected chi connectivity index (χ4v) is 3.12. The monoisotopic (exact) mass is 293 g/mol. The molecule has 1 aliphatic heterocycles. The van der Waals surface area contributed by atoms with E-state index in [9.17, 15) is 0 Å². The van der Waals surface area contributed by atoms with E-state index < -0.39 is 0 Å². The molecule has 0 saturated heterocycles. The third-order valence-electron chi connectivity index (χ3n) is 4.21. The lowest BCUT2D eigenvalue weighted by Crippen LogP contribution is -2.36. The first kappa shape index (κ1) is 14.5. The highest BCUT2D eigenvalue weighted by molar-refractivity contribution is 5.54. The van der Waals surface area contributed by atoms with Gasteiger partial charge in [0.05, 0.1) is 13.2 Å². The van der Waals surface area contributed by atoms with Crippen LogP contribution in [0.3, 0.4) is 0 Å². The Bertz CT molecular complexity index is 474. The second-order valence-corrected chi connectivity index (χ2v) is 5.51. The molecule has 1 aliphatic carbocycles. The Morgan fingerprint density at radius 3 is 2.86 bits per heavy atom. The highest BCUT2D eigenvalue weighted by Gasteiger charge is 2.26. The lowest BCUT2D eigenvalue weighted by molar-refractivity contribution is 0.0847. The quantitative estimate of drug-likeness (QED) is 0.901. The van der Waals surface area contributed by atoms with Gasteiger partial charge in [-0.15, -0.1) is 0 Å². The smallest absolute Gasteiger partial charge is 0.203 e. The van der Waals surface area contributed by atoms with Gasteiger partial charge in [0.2, 0.25) is 5.75 Å². The van der Waals surface area contributed by atoms with E-state index in [0.29, 0.717) is 31.1 Å². The summed E-state index contributed by atoms with van der Waals surface area (Å²) in [7, 11) is 3.44. The maximum atomic E-state index is 5.66. The highest BCUT2D eigenvalue weighted by Crippen LogP contribution is 2.40. The van der Waals surface area contributed by atoms with Gasteiger partial charge in [0.15, 0.2) is 11.5 Å². The highest BCUT2D eigenvalue weighted by atomic mass is 16.6. The van der Waals surface area contributed by atoms with Gasteiger partial charge in [-0.05, 0) is 37.0 Å². The van der Waals surface area contributed by atoms with Gasteiger partial charge >= 0.3 is 0 Å². The predicted octanol–water partition coefficient (Wildman–Crippen LogP) is 2.12. The molecular formula is C16H23NO4. The Morgan fingerprint density at radius 2 is 2.05 bits per heavy atom. The first-order valence-electron chi connectivity index (χ1n) is 7.54. The molecule has 0 spiro atoms. The fourth-order valence-electron chi connectivity index (χ4n) is 3.12. The number of benzene rings is 1. The van der Waals surface area contributed by atoms with Gasteiger partial charge in [0.1, 0.15) is 13.2 Å². The van der Waals surface area contributed by atoms with Crippen LogP contribution in [0.2, 0.25) is 0 Å². The lowest BCUT2D eigenvalue weighted by Gasteiger charge is -2.23. The summed E-state index contributed by atoms with van der Waals surface area (Å²) in [6, 6.07) is 4.46. The van der Waals surface area contributed by atoms with E-state index in [4.69, 9.17) is 18.9 Å². The van der Waals surface area contributed by atoms with Crippen LogP contribution in [0.15, 0.2) is 12.1 Å². The number of methoxy groups -OCH3 is 2. The van der Waals surface area contributed by atoms with Crippen LogP contribution in [0.4, 0.5) is 0 Å². The van der Waals surface area contributed by atoms with E-state index in [1.54, 1.807) is 14.2 Å². The van der Waals surface area contributed by atoms with Gasteiger partial charge in [0, 0.05) is 19.7 Å². The molecule has 0 bridgehead atoms. The summed E-state index contributed by atoms with van der Waals surface area (Å²) in [5.74, 6) is 2.22. The summed E-state index contributed by atoms with van der Waals surface area (Å²) in [5.41, 5.74) is 1.14. The summed E-state index contributed by atoms with van der Waals surface area (Å²) in [4.78, 5) is 0. The number of ether oxygens (including phenoxy) is 4. The molecule has 2 aliphatic rings. The third-order valence-corrected chi connectivity index (χ3v) is 4.21. The van der Waals surface area contributed by atoms with Crippen LogP contribution in [-0.4, -0.2) is 39.6 Å². The van der Waals surface area contributed by atoms with Crippen LogP contribution in [0, 0.1) is 0 Å². The van der Waals surface area contributed by atoms with Gasteiger partial charge < -0.3 is 24.3 Å². The minimum Gasteiger partial charge on any atom is -0.493 e. The molecule has 2 atom stereocenters. The maximum Gasteiger partial charge on any atom is 0.203 e. The molecule has 3 rings (SSSR count). The van der Waals surface area contributed by atoms with Gasteiger partial charge in [-0.25, -0.2) is 0 Å². The van der Waals surface area contributed by atoms with Crippen LogP contribution in [0.5, 0.6) is 17.2 Å². The van der Waals surface area contributed by atoms with Crippen LogP contribution < -0.4 is 19.5 Å². The zero-order valence-corrected chi connectivity index (χ0v) is 12.7. The average molecular weight is 293 g/mol. The second-order valence-electron chi connectivity index (χ2n) is 5.51. The summed E-state index contributed by atoms with van der Waals surface area (Å²) >= 11 is 0. The first-order chi connectivity index (χ1) is 10.3. The molecule has 1 aromatic rings. The molecule has 0 amide bonds. The van der Waals surface area contributed by atoms with Gasteiger partial charge in [-0.1, -0.05) is 0 Å². The van der Waals surface area contributed by atoms with E-state index in [-0.39, 0.29) is 0 Å². The van der Waals surface area contributed by atoms with Gasteiger partial charge in [0.25, 0.3) is 0 Å². The molecule has 1 aromatic carbocycles. The molecule has 5 nitrogen and oxygen atoms in total. The minimum absolute atomic E-state index is 0.323. The molecule has 0 radical (unpaired) electrons. The normalized spacial score (nSPS) is 24.1. The van der Waals surface area contributed by atoms with Crippen LogP contribution in [-0.2, 0) is 11.3 Å². The Hall–Kier alpha value is -1.46. The van der Waals surface area contributed by atoms with Crippen LogP contribution in [0.1, 0.15) is 24.8 Å². The zero-order chi connectivity index (χ0) is 14.7. The lowest BCUT2D eigenvalue weighted by atomic mass is 10.1. The SMILES string of the molecule is COc1cc(CNC2CCCC2OC)cc2c1OCCO2. The van der Waals surface area contributed by atoms with Crippen molar-refractivity contribution >= 4 is 0 Å². The Labute approximate surface area is 125 Å². The van der Waals surface area contributed by atoms with Crippen LogP contribution >= 0.6 is 0 Å². The number of nitrogens with one attached hydrogen (secondary N) is 1. The summed E-state index contributed by atoms with van der Waals surface area (Å²) in [5, 5.41) is 3.58.